The van der Waals surface area contributed by atoms with Gasteiger partial charge in [0.15, 0.2) is 8.32 Å². The summed E-state index contributed by atoms with van der Waals surface area (Å²) < 4.78 is 79.7. The molecular formula is C21H27F5O3Si. The molecule has 30 heavy (non-hydrogen) atoms. The molecule has 2 aliphatic rings. The highest BCUT2D eigenvalue weighted by atomic mass is 28.4. The smallest absolute Gasteiger partial charge is 0.317 e. The summed E-state index contributed by atoms with van der Waals surface area (Å²) in [5, 5.41) is -0.142. The maximum absolute atomic E-state index is 14.0. The number of fused-ring (bicyclic) bond motifs is 1. The number of esters is 1. The highest BCUT2D eigenvalue weighted by Crippen LogP contribution is 2.67. The van der Waals surface area contributed by atoms with Gasteiger partial charge in [0.1, 0.15) is 0 Å². The Morgan fingerprint density at radius 1 is 0.967 bits per heavy atom. The largest absolute Gasteiger partial charge is 0.420 e. The zero-order valence-corrected chi connectivity index (χ0v) is 19.0. The highest BCUT2D eigenvalue weighted by Gasteiger charge is 2.70. The molecule has 0 radical (unpaired) electrons. The first-order valence-electron chi connectivity index (χ1n) is 10.0. The van der Waals surface area contributed by atoms with Crippen molar-refractivity contribution >= 4 is 14.3 Å². The number of carbonyl (C=O) groups is 1. The summed E-state index contributed by atoms with van der Waals surface area (Å²) in [5.41, 5.74) is -1.17. The lowest BCUT2D eigenvalue weighted by atomic mass is 9.53. The molecule has 0 bridgehead atoms. The predicted molar refractivity (Wildman–Crippen MR) is 103 cm³/mol. The first kappa shape index (κ1) is 23.2. The Kier molecular flexibility index (Phi) is 5.42. The zero-order chi connectivity index (χ0) is 22.9. The van der Waals surface area contributed by atoms with Crippen LogP contribution in [-0.4, -0.2) is 19.9 Å². The molecule has 3 nitrogen and oxygen atoms in total. The van der Waals surface area contributed by atoms with E-state index >= 15 is 0 Å². The average Bonchev–Trinajstić information content (AvgIpc) is 2.86. The average molecular weight is 451 g/mol. The Labute approximate surface area is 174 Å². The van der Waals surface area contributed by atoms with Gasteiger partial charge in [0.25, 0.3) is 0 Å². The van der Waals surface area contributed by atoms with Crippen molar-refractivity contribution in [2.75, 3.05) is 0 Å². The number of rotatable bonds is 4. The third-order valence-corrected chi connectivity index (χ3v) is 11.9. The van der Waals surface area contributed by atoms with E-state index in [1.54, 1.807) is 0 Å². The summed E-state index contributed by atoms with van der Waals surface area (Å²) >= 11 is 0. The van der Waals surface area contributed by atoms with Crippen LogP contribution in [0.3, 0.4) is 0 Å². The number of benzene rings is 1. The van der Waals surface area contributed by atoms with Crippen LogP contribution in [0.4, 0.5) is 22.0 Å². The second-order valence-electron chi connectivity index (χ2n) is 10.2. The van der Waals surface area contributed by atoms with E-state index in [1.165, 1.54) is 0 Å². The van der Waals surface area contributed by atoms with Gasteiger partial charge in [-0.1, -0.05) is 27.7 Å². The van der Waals surface area contributed by atoms with E-state index in [1.807, 2.05) is 20.0 Å². The van der Waals surface area contributed by atoms with Crippen LogP contribution in [0.2, 0.25) is 18.1 Å². The summed E-state index contributed by atoms with van der Waals surface area (Å²) in [6.45, 7) is 12.3. The fraction of sp³-hybridized carbons (Fsp3) is 0.667. The molecule has 0 unspecified atom stereocenters. The van der Waals surface area contributed by atoms with Crippen LogP contribution in [0.15, 0.2) is 0 Å². The van der Waals surface area contributed by atoms with Gasteiger partial charge in [0.05, 0.1) is 11.5 Å². The summed E-state index contributed by atoms with van der Waals surface area (Å²) in [6.07, 6.45) is 2.59. The Bertz CT molecular complexity index is 869. The van der Waals surface area contributed by atoms with Gasteiger partial charge >= 0.3 is 5.97 Å². The molecule has 2 fully saturated rings. The van der Waals surface area contributed by atoms with Crippen molar-refractivity contribution < 1.29 is 35.9 Å². The molecule has 3 rings (SSSR count). The molecule has 0 aromatic heterocycles. The minimum atomic E-state index is -2.33. The van der Waals surface area contributed by atoms with Gasteiger partial charge in [0.2, 0.25) is 34.8 Å². The molecular weight excluding hydrogens is 423 g/mol. The molecule has 0 heterocycles. The van der Waals surface area contributed by atoms with Crippen LogP contribution in [0.25, 0.3) is 0 Å². The third kappa shape index (κ3) is 3.19. The van der Waals surface area contributed by atoms with Gasteiger partial charge < -0.3 is 9.16 Å². The summed E-state index contributed by atoms with van der Waals surface area (Å²) in [5.74, 6) is -14.3. The first-order chi connectivity index (χ1) is 13.6. The zero-order valence-electron chi connectivity index (χ0n) is 18.0. The molecule has 0 N–H and O–H groups in total. The van der Waals surface area contributed by atoms with Gasteiger partial charge in [-0.25, -0.2) is 13.2 Å². The summed E-state index contributed by atoms with van der Waals surface area (Å²) in [4.78, 5) is 12.9. The second-order valence-corrected chi connectivity index (χ2v) is 15.0. The minimum absolute atomic E-state index is 0.142. The van der Waals surface area contributed by atoms with Crippen LogP contribution in [0, 0.1) is 40.4 Å². The Morgan fingerprint density at radius 2 is 1.47 bits per heavy atom. The van der Waals surface area contributed by atoms with E-state index in [0.717, 1.165) is 12.8 Å². The molecule has 2 aliphatic carbocycles. The topological polar surface area (TPSA) is 35.5 Å². The van der Waals surface area contributed by atoms with Crippen molar-refractivity contribution in [2.45, 2.75) is 77.1 Å². The monoisotopic (exact) mass is 450 g/mol. The van der Waals surface area contributed by atoms with E-state index in [0.29, 0.717) is 12.8 Å². The SMILES string of the molecule is CC(C)(C)[Si](C)(C)O[C@]12CCC[C@@]1(C)C[C@@H]2C(=O)Oc1c(F)c(F)c(F)c(F)c1F. The number of hydrogen-bond acceptors (Lipinski definition) is 3. The summed E-state index contributed by atoms with van der Waals surface area (Å²) in [7, 11) is -2.33. The van der Waals surface area contributed by atoms with Gasteiger partial charge in [-0.2, -0.15) is 8.78 Å². The molecule has 0 spiro atoms. The molecule has 0 saturated heterocycles. The van der Waals surface area contributed by atoms with E-state index in [4.69, 9.17) is 9.16 Å². The number of carbonyl (C=O) groups excluding carboxylic acids is 1. The number of hydrogen-bond donors (Lipinski definition) is 0. The Morgan fingerprint density at radius 3 is 1.93 bits per heavy atom. The maximum atomic E-state index is 14.0. The summed E-state index contributed by atoms with van der Waals surface area (Å²) in [6, 6.07) is 0. The standard InChI is InChI=1S/C21H27F5O3Si/c1-19(2,3)30(5,6)29-21-9-7-8-20(21,4)10-11(21)18(27)28-17-15(25)13(23)12(22)14(24)16(17)26/h11H,7-10H2,1-6H3/t11-,20+,21+/m1/s1. The van der Waals surface area contributed by atoms with Crippen molar-refractivity contribution in [1.82, 2.24) is 0 Å². The molecule has 0 aliphatic heterocycles. The van der Waals surface area contributed by atoms with Crippen molar-refractivity contribution in [1.29, 1.82) is 0 Å². The van der Waals surface area contributed by atoms with Crippen LogP contribution in [0.5, 0.6) is 5.75 Å². The van der Waals surface area contributed by atoms with E-state index in [-0.39, 0.29) is 10.5 Å². The highest BCUT2D eigenvalue weighted by molar-refractivity contribution is 6.74. The molecule has 1 aromatic rings. The molecule has 2 saturated carbocycles. The molecule has 0 amide bonds. The Hall–Kier alpha value is -1.48. The lowest BCUT2D eigenvalue weighted by Gasteiger charge is -2.61. The third-order valence-electron chi connectivity index (χ3n) is 7.42. The van der Waals surface area contributed by atoms with Crippen LogP contribution in [0.1, 0.15) is 53.4 Å². The normalized spacial score (nSPS) is 28.8. The second kappa shape index (κ2) is 7.02. The lowest BCUT2D eigenvalue weighted by Crippen LogP contribution is -2.68. The first-order valence-corrected chi connectivity index (χ1v) is 12.9. The number of halogens is 5. The van der Waals surface area contributed by atoms with Crippen molar-refractivity contribution in [3.05, 3.63) is 29.1 Å². The Balaban J connectivity index is 1.94. The lowest BCUT2D eigenvalue weighted by molar-refractivity contribution is -0.197. The fourth-order valence-electron chi connectivity index (χ4n) is 4.58. The molecule has 3 atom stereocenters. The molecule has 168 valence electrons. The van der Waals surface area contributed by atoms with Crippen molar-refractivity contribution in [2.24, 2.45) is 11.3 Å². The minimum Gasteiger partial charge on any atom is -0.420 e. The van der Waals surface area contributed by atoms with E-state index in [2.05, 4.69) is 20.8 Å². The quantitative estimate of drug-likeness (QED) is 0.136. The molecule has 1 aromatic carbocycles. The van der Waals surface area contributed by atoms with Gasteiger partial charge in [-0.3, -0.25) is 4.79 Å². The van der Waals surface area contributed by atoms with Crippen LogP contribution < -0.4 is 4.74 Å². The van der Waals surface area contributed by atoms with Crippen LogP contribution in [-0.2, 0) is 9.22 Å². The fourth-order valence-corrected chi connectivity index (χ4v) is 6.29. The molecule has 9 heteroatoms. The van der Waals surface area contributed by atoms with Crippen LogP contribution >= 0.6 is 0 Å². The predicted octanol–water partition coefficient (Wildman–Crippen LogP) is 6.26. The van der Waals surface area contributed by atoms with E-state index < -0.39 is 60.6 Å². The van der Waals surface area contributed by atoms with Gasteiger partial charge in [-0.15, -0.1) is 0 Å². The van der Waals surface area contributed by atoms with Crippen molar-refractivity contribution in [3.63, 3.8) is 0 Å². The van der Waals surface area contributed by atoms with Gasteiger partial charge in [-0.05, 0) is 49.2 Å². The van der Waals surface area contributed by atoms with Gasteiger partial charge in [0, 0.05) is 0 Å². The van der Waals surface area contributed by atoms with E-state index in [9.17, 15) is 26.7 Å². The number of ether oxygens (including phenoxy) is 1. The van der Waals surface area contributed by atoms with Crippen molar-refractivity contribution in [3.8, 4) is 5.75 Å². The maximum Gasteiger partial charge on any atom is 0.317 e.